The molecule has 1 aliphatic rings. The van der Waals surface area contributed by atoms with Crippen LogP contribution < -0.4 is 5.49 Å². The zero-order chi connectivity index (χ0) is 20.1. The molecule has 0 unspecified atom stereocenters. The van der Waals surface area contributed by atoms with E-state index in [0.717, 1.165) is 10.4 Å². The molecule has 3 heterocycles. The summed E-state index contributed by atoms with van der Waals surface area (Å²) in [6.07, 6.45) is 3.26. The first-order valence-electron chi connectivity index (χ1n) is 9.81. The minimum atomic E-state index is -0.132. The lowest BCUT2D eigenvalue weighted by atomic mass is 9.96. The van der Waals surface area contributed by atoms with Crippen LogP contribution in [0.4, 0.5) is 0 Å². The molecule has 1 aliphatic heterocycles. The third kappa shape index (κ3) is 4.71. The summed E-state index contributed by atoms with van der Waals surface area (Å²) in [5.74, 6) is -0.166. The van der Waals surface area contributed by atoms with E-state index in [1.165, 1.54) is 11.3 Å². The summed E-state index contributed by atoms with van der Waals surface area (Å²) >= 11 is 1.46. The zero-order valence-corrected chi connectivity index (χ0v) is 16.9. The number of hydrogen-bond acceptors (Lipinski definition) is 3. The van der Waals surface area contributed by atoms with E-state index in [1.54, 1.807) is 0 Å². The highest BCUT2D eigenvalue weighted by molar-refractivity contribution is 7.12. The minimum Gasteiger partial charge on any atom is -0.338 e. The van der Waals surface area contributed by atoms with Gasteiger partial charge in [0.2, 0.25) is 0 Å². The van der Waals surface area contributed by atoms with E-state index in [9.17, 15) is 9.59 Å². The van der Waals surface area contributed by atoms with Gasteiger partial charge in [0.15, 0.2) is 0 Å². The summed E-state index contributed by atoms with van der Waals surface area (Å²) in [5.41, 5.74) is 1.83. The molecule has 4 rings (SSSR count). The molecule has 0 saturated carbocycles. The van der Waals surface area contributed by atoms with Crippen molar-refractivity contribution in [2.45, 2.75) is 19.4 Å². The normalized spacial score (nSPS) is 15.4. The van der Waals surface area contributed by atoms with Crippen molar-refractivity contribution in [3.8, 4) is 0 Å². The average Bonchev–Trinajstić information content (AvgIpc) is 3.30. The van der Waals surface area contributed by atoms with Crippen molar-refractivity contribution in [3.05, 3.63) is 88.2 Å². The van der Waals surface area contributed by atoms with Gasteiger partial charge in [0.1, 0.15) is 5.49 Å². The van der Waals surface area contributed by atoms with Gasteiger partial charge in [-0.25, -0.2) is 0 Å². The Labute approximate surface area is 174 Å². The molecular formula is C23H23N3O2S. The Kier molecular flexibility index (Phi) is 6.00. The third-order valence-electron chi connectivity index (χ3n) is 5.20. The van der Waals surface area contributed by atoms with Crippen LogP contribution in [0, 0.1) is 5.92 Å². The second kappa shape index (κ2) is 9.01. The molecule has 1 aromatic carbocycles. The van der Waals surface area contributed by atoms with E-state index in [2.05, 4.69) is 17.1 Å². The standard InChI is InChI=1S/C23H23N3O2S/c27-22(19-11-14-25(15-12-19)23(28)20-9-6-16-29-20)24-21-10-4-5-13-26(21)17-18-7-2-1-3-8-18/h1-10,13,16,19H,11-12,14-15,17H2. The molecule has 0 radical (unpaired) electrons. The number of hydrogen-bond donors (Lipinski definition) is 0. The van der Waals surface area contributed by atoms with Gasteiger partial charge in [-0.1, -0.05) is 42.5 Å². The first-order valence-corrected chi connectivity index (χ1v) is 10.7. The fourth-order valence-electron chi connectivity index (χ4n) is 3.57. The number of carbonyl (C=O) groups is 2. The van der Waals surface area contributed by atoms with Gasteiger partial charge in [-0.15, -0.1) is 11.3 Å². The SMILES string of the molecule is O=C(N=c1ccccn1Cc1ccccc1)C1CCN(C(=O)c2cccs2)CC1. The highest BCUT2D eigenvalue weighted by atomic mass is 32.1. The summed E-state index contributed by atoms with van der Waals surface area (Å²) in [4.78, 5) is 32.3. The maximum Gasteiger partial charge on any atom is 0.263 e. The molecule has 148 valence electrons. The number of likely N-dealkylation sites (tertiary alicyclic amines) is 1. The van der Waals surface area contributed by atoms with Crippen molar-refractivity contribution >= 4 is 23.2 Å². The Morgan fingerprint density at radius 1 is 0.966 bits per heavy atom. The molecule has 0 bridgehead atoms. The number of amides is 2. The first-order chi connectivity index (χ1) is 14.2. The molecular weight excluding hydrogens is 382 g/mol. The molecule has 5 nitrogen and oxygen atoms in total. The molecule has 0 spiro atoms. The predicted molar refractivity (Wildman–Crippen MR) is 113 cm³/mol. The maximum atomic E-state index is 12.8. The summed E-state index contributed by atoms with van der Waals surface area (Å²) in [6, 6.07) is 19.6. The van der Waals surface area contributed by atoms with Gasteiger partial charge in [-0.05, 0) is 42.0 Å². The third-order valence-corrected chi connectivity index (χ3v) is 6.06. The molecule has 29 heavy (non-hydrogen) atoms. The quantitative estimate of drug-likeness (QED) is 0.666. The Morgan fingerprint density at radius 2 is 1.72 bits per heavy atom. The lowest BCUT2D eigenvalue weighted by Gasteiger charge is -2.30. The van der Waals surface area contributed by atoms with Crippen LogP contribution in [0.5, 0.6) is 0 Å². The largest absolute Gasteiger partial charge is 0.338 e. The Hall–Kier alpha value is -2.99. The number of piperidine rings is 1. The molecule has 1 saturated heterocycles. The molecule has 3 aromatic rings. The fraction of sp³-hybridized carbons (Fsp3) is 0.261. The van der Waals surface area contributed by atoms with Gasteiger partial charge in [-0.2, -0.15) is 4.99 Å². The second-order valence-corrected chi connectivity index (χ2v) is 8.11. The molecule has 1 fully saturated rings. The number of nitrogens with zero attached hydrogens (tertiary/aromatic N) is 3. The van der Waals surface area contributed by atoms with Crippen molar-refractivity contribution < 1.29 is 9.59 Å². The number of thiophene rings is 1. The summed E-state index contributed by atoms with van der Waals surface area (Å²) < 4.78 is 1.99. The van der Waals surface area contributed by atoms with Crippen LogP contribution in [-0.4, -0.2) is 34.4 Å². The molecule has 2 aromatic heterocycles. The fourth-order valence-corrected chi connectivity index (χ4v) is 4.26. The number of rotatable bonds is 4. The van der Waals surface area contributed by atoms with Crippen molar-refractivity contribution in [2.24, 2.45) is 10.9 Å². The molecule has 0 N–H and O–H groups in total. The molecule has 2 amide bonds. The topological polar surface area (TPSA) is 54.7 Å². The average molecular weight is 406 g/mol. The van der Waals surface area contributed by atoms with Crippen LogP contribution in [0.1, 0.15) is 28.1 Å². The van der Waals surface area contributed by atoms with E-state index >= 15 is 0 Å². The Morgan fingerprint density at radius 3 is 2.45 bits per heavy atom. The maximum absolute atomic E-state index is 12.8. The predicted octanol–water partition coefficient (Wildman–Crippen LogP) is 3.58. The van der Waals surface area contributed by atoms with Crippen LogP contribution in [-0.2, 0) is 11.3 Å². The second-order valence-electron chi connectivity index (χ2n) is 7.17. The van der Waals surface area contributed by atoms with Gasteiger partial charge in [0.25, 0.3) is 11.8 Å². The highest BCUT2D eigenvalue weighted by Crippen LogP contribution is 2.21. The van der Waals surface area contributed by atoms with E-state index in [4.69, 9.17) is 0 Å². The number of benzene rings is 1. The van der Waals surface area contributed by atoms with Crippen LogP contribution in [0.15, 0.2) is 77.2 Å². The van der Waals surface area contributed by atoms with E-state index in [-0.39, 0.29) is 17.7 Å². The molecule has 0 aliphatic carbocycles. The lowest BCUT2D eigenvalue weighted by molar-refractivity contribution is -0.123. The number of carbonyl (C=O) groups excluding carboxylic acids is 2. The lowest BCUT2D eigenvalue weighted by Crippen LogP contribution is -2.40. The summed E-state index contributed by atoms with van der Waals surface area (Å²) in [7, 11) is 0. The van der Waals surface area contributed by atoms with Crippen LogP contribution in [0.2, 0.25) is 0 Å². The monoisotopic (exact) mass is 405 g/mol. The summed E-state index contributed by atoms with van der Waals surface area (Å²) in [5, 5.41) is 1.91. The van der Waals surface area contributed by atoms with Crippen molar-refractivity contribution in [3.63, 3.8) is 0 Å². The number of pyridine rings is 1. The van der Waals surface area contributed by atoms with E-state index in [0.29, 0.717) is 38.0 Å². The van der Waals surface area contributed by atoms with E-state index < -0.39 is 0 Å². The van der Waals surface area contributed by atoms with Crippen LogP contribution >= 0.6 is 11.3 Å². The van der Waals surface area contributed by atoms with E-state index in [1.807, 2.05) is 69.6 Å². The van der Waals surface area contributed by atoms with Gasteiger partial charge in [0, 0.05) is 31.7 Å². The summed E-state index contributed by atoms with van der Waals surface area (Å²) in [6.45, 7) is 1.87. The van der Waals surface area contributed by atoms with Crippen LogP contribution in [0.3, 0.4) is 0 Å². The first kappa shape index (κ1) is 19.3. The van der Waals surface area contributed by atoms with Crippen LogP contribution in [0.25, 0.3) is 0 Å². The van der Waals surface area contributed by atoms with Crippen molar-refractivity contribution in [2.75, 3.05) is 13.1 Å². The number of aromatic nitrogens is 1. The van der Waals surface area contributed by atoms with Gasteiger partial charge in [-0.3, -0.25) is 9.59 Å². The van der Waals surface area contributed by atoms with Gasteiger partial charge in [0.05, 0.1) is 4.88 Å². The molecule has 6 heteroatoms. The molecule has 0 atom stereocenters. The van der Waals surface area contributed by atoms with Gasteiger partial charge < -0.3 is 9.47 Å². The van der Waals surface area contributed by atoms with Crippen molar-refractivity contribution in [1.82, 2.24) is 9.47 Å². The van der Waals surface area contributed by atoms with Crippen molar-refractivity contribution in [1.29, 1.82) is 0 Å². The Balaban J connectivity index is 1.43. The van der Waals surface area contributed by atoms with Gasteiger partial charge >= 0.3 is 0 Å². The highest BCUT2D eigenvalue weighted by Gasteiger charge is 2.28. The smallest absolute Gasteiger partial charge is 0.263 e. The minimum absolute atomic E-state index is 0.0617. The Bertz CT molecular complexity index is 1030. The zero-order valence-electron chi connectivity index (χ0n) is 16.1.